The third-order valence-electron chi connectivity index (χ3n) is 2.64. The molecular formula is C12H13FN2O. The lowest BCUT2D eigenvalue weighted by Gasteiger charge is -2.01. The summed E-state index contributed by atoms with van der Waals surface area (Å²) in [5.41, 5.74) is 1.97. The van der Waals surface area contributed by atoms with E-state index in [9.17, 15) is 9.18 Å². The van der Waals surface area contributed by atoms with Crippen molar-refractivity contribution in [1.29, 1.82) is 0 Å². The number of nitrogens with zero attached hydrogens (tertiary/aromatic N) is 1. The zero-order valence-corrected chi connectivity index (χ0v) is 9.25. The summed E-state index contributed by atoms with van der Waals surface area (Å²) in [6, 6.07) is 5.96. The minimum Gasteiger partial charge on any atom is -0.295 e. The first-order valence-electron chi connectivity index (χ1n) is 5.20. The van der Waals surface area contributed by atoms with Crippen LogP contribution in [-0.4, -0.2) is 9.78 Å². The van der Waals surface area contributed by atoms with Crippen molar-refractivity contribution < 1.29 is 4.39 Å². The fourth-order valence-electron chi connectivity index (χ4n) is 1.71. The molecule has 1 aromatic heterocycles. The predicted octanol–water partition coefficient (Wildman–Crippen LogP) is 2.18. The Morgan fingerprint density at radius 3 is 2.75 bits per heavy atom. The Labute approximate surface area is 92.5 Å². The van der Waals surface area contributed by atoms with Gasteiger partial charge in [0.2, 0.25) is 0 Å². The lowest BCUT2D eigenvalue weighted by molar-refractivity contribution is 0.625. The summed E-state index contributed by atoms with van der Waals surface area (Å²) < 4.78 is 14.4. The average Bonchev–Trinajstić information content (AvgIpc) is 2.56. The highest BCUT2D eigenvalue weighted by Gasteiger charge is 2.09. The molecule has 0 fully saturated rings. The van der Waals surface area contributed by atoms with E-state index in [1.807, 2.05) is 6.92 Å². The molecule has 0 spiro atoms. The molecule has 84 valence electrons. The summed E-state index contributed by atoms with van der Waals surface area (Å²) in [7, 11) is 0. The molecule has 0 radical (unpaired) electrons. The quantitative estimate of drug-likeness (QED) is 0.827. The van der Waals surface area contributed by atoms with Gasteiger partial charge in [-0.1, -0.05) is 13.0 Å². The van der Waals surface area contributed by atoms with Crippen molar-refractivity contribution in [3.8, 4) is 5.69 Å². The van der Waals surface area contributed by atoms with Crippen molar-refractivity contribution in [2.45, 2.75) is 20.3 Å². The molecular weight excluding hydrogens is 207 g/mol. The number of halogens is 1. The second kappa shape index (κ2) is 3.96. The Morgan fingerprint density at radius 2 is 2.19 bits per heavy atom. The molecule has 1 N–H and O–H groups in total. The fourth-order valence-corrected chi connectivity index (χ4v) is 1.71. The topological polar surface area (TPSA) is 37.8 Å². The highest BCUT2D eigenvalue weighted by Crippen LogP contribution is 2.09. The lowest BCUT2D eigenvalue weighted by atomic mass is 10.2. The molecule has 16 heavy (non-hydrogen) atoms. The largest absolute Gasteiger partial charge is 0.295 e. The molecule has 0 bridgehead atoms. The number of rotatable bonds is 2. The average molecular weight is 220 g/mol. The standard InChI is InChI=1S/C12H13FN2O/c1-3-11-8(2)12(16)15(14-11)10-6-4-5-9(13)7-10/h4-7,14H,3H2,1-2H3. The molecule has 4 heteroatoms. The van der Waals surface area contributed by atoms with Gasteiger partial charge in [0.25, 0.3) is 5.56 Å². The van der Waals surface area contributed by atoms with Crippen LogP contribution in [0.4, 0.5) is 4.39 Å². The Hall–Kier alpha value is -1.84. The molecule has 2 aromatic rings. The van der Waals surface area contributed by atoms with Crippen LogP contribution in [0, 0.1) is 12.7 Å². The monoisotopic (exact) mass is 220 g/mol. The zero-order valence-electron chi connectivity index (χ0n) is 9.25. The first-order chi connectivity index (χ1) is 7.63. The van der Waals surface area contributed by atoms with Crippen LogP contribution in [0.15, 0.2) is 29.1 Å². The summed E-state index contributed by atoms with van der Waals surface area (Å²) in [5, 5.41) is 2.98. The lowest BCUT2D eigenvalue weighted by Crippen LogP contribution is -2.15. The van der Waals surface area contributed by atoms with Gasteiger partial charge in [0, 0.05) is 11.3 Å². The number of nitrogens with one attached hydrogen (secondary N) is 1. The van der Waals surface area contributed by atoms with Crippen molar-refractivity contribution in [3.05, 3.63) is 51.7 Å². The van der Waals surface area contributed by atoms with Crippen LogP contribution >= 0.6 is 0 Å². The van der Waals surface area contributed by atoms with E-state index < -0.39 is 0 Å². The summed E-state index contributed by atoms with van der Waals surface area (Å²) >= 11 is 0. The maximum atomic E-state index is 13.0. The molecule has 1 heterocycles. The molecule has 0 saturated carbocycles. The van der Waals surface area contributed by atoms with E-state index in [2.05, 4.69) is 5.10 Å². The van der Waals surface area contributed by atoms with Gasteiger partial charge >= 0.3 is 0 Å². The number of aromatic nitrogens is 2. The summed E-state index contributed by atoms with van der Waals surface area (Å²) in [6.07, 6.45) is 0.753. The SMILES string of the molecule is CCc1[nH]n(-c2cccc(F)c2)c(=O)c1C. The minimum atomic E-state index is -0.352. The third kappa shape index (κ3) is 1.66. The molecule has 0 unspecified atom stereocenters. The molecule has 0 aliphatic carbocycles. The Bertz CT molecular complexity index is 569. The summed E-state index contributed by atoms with van der Waals surface area (Å²) in [6.45, 7) is 3.74. The van der Waals surface area contributed by atoms with Crippen LogP contribution in [0.1, 0.15) is 18.2 Å². The molecule has 0 aliphatic heterocycles. The normalized spacial score (nSPS) is 10.7. The van der Waals surface area contributed by atoms with E-state index in [1.54, 1.807) is 19.1 Å². The van der Waals surface area contributed by atoms with Gasteiger partial charge in [0.05, 0.1) is 5.69 Å². The molecule has 0 aliphatic rings. The van der Waals surface area contributed by atoms with Gasteiger partial charge in [0.15, 0.2) is 0 Å². The summed E-state index contributed by atoms with van der Waals surface area (Å²) in [4.78, 5) is 11.9. The van der Waals surface area contributed by atoms with E-state index in [-0.39, 0.29) is 11.4 Å². The van der Waals surface area contributed by atoms with Crippen LogP contribution in [0.5, 0.6) is 0 Å². The predicted molar refractivity (Wildman–Crippen MR) is 60.5 cm³/mol. The van der Waals surface area contributed by atoms with E-state index in [0.717, 1.165) is 12.1 Å². The first kappa shape index (κ1) is 10.7. The van der Waals surface area contributed by atoms with Gasteiger partial charge in [-0.25, -0.2) is 9.07 Å². The highest BCUT2D eigenvalue weighted by molar-refractivity contribution is 5.33. The molecule has 0 saturated heterocycles. The summed E-state index contributed by atoms with van der Waals surface area (Å²) in [5.74, 6) is -0.352. The smallest absolute Gasteiger partial charge is 0.274 e. The van der Waals surface area contributed by atoms with Gasteiger partial charge in [-0.05, 0) is 31.5 Å². The second-order valence-corrected chi connectivity index (χ2v) is 3.69. The molecule has 0 amide bonds. The number of hydrogen-bond acceptors (Lipinski definition) is 1. The van der Waals surface area contributed by atoms with Gasteiger partial charge in [0.1, 0.15) is 5.82 Å². The Morgan fingerprint density at radius 1 is 1.44 bits per heavy atom. The van der Waals surface area contributed by atoms with E-state index >= 15 is 0 Å². The maximum absolute atomic E-state index is 13.0. The van der Waals surface area contributed by atoms with Gasteiger partial charge in [-0.2, -0.15) is 0 Å². The van der Waals surface area contributed by atoms with E-state index in [1.165, 1.54) is 16.8 Å². The van der Waals surface area contributed by atoms with Gasteiger partial charge in [-0.3, -0.25) is 9.89 Å². The number of aromatic amines is 1. The minimum absolute atomic E-state index is 0.123. The van der Waals surface area contributed by atoms with E-state index in [0.29, 0.717) is 11.3 Å². The van der Waals surface area contributed by atoms with Crippen molar-refractivity contribution in [1.82, 2.24) is 9.78 Å². The fraction of sp³-hybridized carbons (Fsp3) is 0.250. The van der Waals surface area contributed by atoms with Crippen LogP contribution in [0.2, 0.25) is 0 Å². The number of H-pyrrole nitrogens is 1. The zero-order chi connectivity index (χ0) is 11.7. The van der Waals surface area contributed by atoms with Crippen LogP contribution in [0.25, 0.3) is 5.69 Å². The second-order valence-electron chi connectivity index (χ2n) is 3.69. The molecule has 0 atom stereocenters. The first-order valence-corrected chi connectivity index (χ1v) is 5.20. The van der Waals surface area contributed by atoms with E-state index in [4.69, 9.17) is 0 Å². The number of benzene rings is 1. The highest BCUT2D eigenvalue weighted by atomic mass is 19.1. The number of hydrogen-bond donors (Lipinski definition) is 1. The van der Waals surface area contributed by atoms with Crippen LogP contribution in [0.3, 0.4) is 0 Å². The molecule has 3 nitrogen and oxygen atoms in total. The number of aryl methyl sites for hydroxylation is 1. The Balaban J connectivity index is 2.61. The molecule has 1 aromatic carbocycles. The van der Waals surface area contributed by atoms with Crippen LogP contribution in [-0.2, 0) is 6.42 Å². The third-order valence-corrected chi connectivity index (χ3v) is 2.64. The Kier molecular flexibility index (Phi) is 2.64. The van der Waals surface area contributed by atoms with Crippen molar-refractivity contribution in [3.63, 3.8) is 0 Å². The van der Waals surface area contributed by atoms with Crippen molar-refractivity contribution in [2.75, 3.05) is 0 Å². The maximum Gasteiger partial charge on any atom is 0.274 e. The molecule has 2 rings (SSSR count). The van der Waals surface area contributed by atoms with Crippen molar-refractivity contribution in [2.24, 2.45) is 0 Å². The van der Waals surface area contributed by atoms with Gasteiger partial charge < -0.3 is 0 Å². The van der Waals surface area contributed by atoms with Crippen molar-refractivity contribution >= 4 is 0 Å². The van der Waals surface area contributed by atoms with Gasteiger partial charge in [-0.15, -0.1) is 0 Å². The van der Waals surface area contributed by atoms with Crippen LogP contribution < -0.4 is 5.56 Å².